The van der Waals surface area contributed by atoms with E-state index in [2.05, 4.69) is 10.3 Å². The van der Waals surface area contributed by atoms with Gasteiger partial charge in [0.1, 0.15) is 0 Å². The van der Waals surface area contributed by atoms with Crippen molar-refractivity contribution in [2.75, 3.05) is 14.2 Å². The minimum absolute atomic E-state index is 0.0235. The van der Waals surface area contributed by atoms with Crippen molar-refractivity contribution in [3.8, 4) is 11.5 Å². The average molecular weight is 313 g/mol. The molecule has 0 spiro atoms. The van der Waals surface area contributed by atoms with Gasteiger partial charge < -0.3 is 15.2 Å². The first-order valence-electron chi connectivity index (χ1n) is 6.97. The molecule has 0 unspecified atom stereocenters. The number of methoxy groups -OCH3 is 2. The van der Waals surface area contributed by atoms with E-state index in [1.807, 2.05) is 31.2 Å². The van der Waals surface area contributed by atoms with Crippen LogP contribution in [0, 0.1) is 6.92 Å². The number of aryl methyl sites for hydroxylation is 1. The summed E-state index contributed by atoms with van der Waals surface area (Å²) in [5, 5.41) is 2.55. The summed E-state index contributed by atoms with van der Waals surface area (Å²) in [5.41, 5.74) is 7.91. The summed E-state index contributed by atoms with van der Waals surface area (Å²) >= 11 is 0. The number of aliphatic imine (C=N–C) groups is 1. The summed E-state index contributed by atoms with van der Waals surface area (Å²) in [6.45, 7) is 1.96. The monoisotopic (exact) mass is 313 g/mol. The predicted molar refractivity (Wildman–Crippen MR) is 89.5 cm³/mol. The Morgan fingerprint density at radius 3 is 2.48 bits per heavy atom. The van der Waals surface area contributed by atoms with Gasteiger partial charge in [0.25, 0.3) is 5.91 Å². The zero-order chi connectivity index (χ0) is 16.8. The van der Waals surface area contributed by atoms with Crippen molar-refractivity contribution in [1.82, 2.24) is 5.32 Å². The summed E-state index contributed by atoms with van der Waals surface area (Å²) < 4.78 is 10.3. The summed E-state index contributed by atoms with van der Waals surface area (Å²) in [7, 11) is 3.04. The van der Waals surface area contributed by atoms with Crippen LogP contribution in [0.1, 0.15) is 15.9 Å². The second-order valence-corrected chi connectivity index (χ2v) is 4.86. The van der Waals surface area contributed by atoms with Gasteiger partial charge in [-0.05, 0) is 42.8 Å². The van der Waals surface area contributed by atoms with Crippen molar-refractivity contribution in [3.63, 3.8) is 0 Å². The van der Waals surface area contributed by atoms with Crippen LogP contribution in [-0.4, -0.2) is 26.1 Å². The Bertz CT molecular complexity index is 742. The molecule has 6 nitrogen and oxygen atoms in total. The van der Waals surface area contributed by atoms with Crippen molar-refractivity contribution < 1.29 is 14.3 Å². The molecule has 120 valence electrons. The molecule has 0 atom stereocenters. The number of nitrogens with one attached hydrogen (secondary N) is 1. The maximum atomic E-state index is 12.2. The molecule has 6 heteroatoms. The number of hydrogen-bond acceptors (Lipinski definition) is 4. The van der Waals surface area contributed by atoms with Crippen LogP contribution in [-0.2, 0) is 0 Å². The van der Waals surface area contributed by atoms with Gasteiger partial charge >= 0.3 is 0 Å². The highest BCUT2D eigenvalue weighted by Gasteiger charge is 2.11. The van der Waals surface area contributed by atoms with Crippen LogP contribution in [0.4, 0.5) is 5.69 Å². The second kappa shape index (κ2) is 7.31. The minimum atomic E-state index is -0.375. The van der Waals surface area contributed by atoms with Crippen LogP contribution in [0.15, 0.2) is 47.5 Å². The first kappa shape index (κ1) is 16.4. The van der Waals surface area contributed by atoms with Gasteiger partial charge in [-0.25, -0.2) is 4.99 Å². The minimum Gasteiger partial charge on any atom is -0.493 e. The quantitative estimate of drug-likeness (QED) is 0.670. The molecule has 2 aromatic rings. The Morgan fingerprint density at radius 2 is 1.83 bits per heavy atom. The summed E-state index contributed by atoms with van der Waals surface area (Å²) in [4.78, 5) is 16.4. The fourth-order valence-corrected chi connectivity index (χ4v) is 2.03. The van der Waals surface area contributed by atoms with Crippen molar-refractivity contribution in [2.45, 2.75) is 6.92 Å². The molecule has 0 saturated carbocycles. The van der Waals surface area contributed by atoms with Crippen molar-refractivity contribution in [1.29, 1.82) is 0 Å². The van der Waals surface area contributed by atoms with Gasteiger partial charge in [0.15, 0.2) is 11.5 Å². The zero-order valence-corrected chi connectivity index (χ0v) is 13.3. The van der Waals surface area contributed by atoms with Gasteiger partial charge in [-0.1, -0.05) is 12.1 Å². The van der Waals surface area contributed by atoms with Crippen LogP contribution >= 0.6 is 0 Å². The fraction of sp³-hybridized carbons (Fsp3) is 0.176. The number of ether oxygens (including phenoxy) is 2. The van der Waals surface area contributed by atoms with Crippen LogP contribution < -0.4 is 20.5 Å². The number of guanidine groups is 1. The van der Waals surface area contributed by atoms with E-state index < -0.39 is 0 Å². The van der Waals surface area contributed by atoms with Crippen LogP contribution in [0.2, 0.25) is 0 Å². The number of hydrogen-bond donors (Lipinski definition) is 2. The molecule has 0 saturated heterocycles. The molecular weight excluding hydrogens is 294 g/mol. The maximum Gasteiger partial charge on any atom is 0.258 e. The van der Waals surface area contributed by atoms with Crippen molar-refractivity contribution >= 4 is 17.6 Å². The summed E-state index contributed by atoms with van der Waals surface area (Å²) in [6, 6.07) is 12.4. The van der Waals surface area contributed by atoms with Crippen molar-refractivity contribution in [2.24, 2.45) is 10.7 Å². The molecule has 0 heterocycles. The Morgan fingerprint density at radius 1 is 1.09 bits per heavy atom. The third-order valence-electron chi connectivity index (χ3n) is 3.14. The van der Waals surface area contributed by atoms with E-state index >= 15 is 0 Å². The lowest BCUT2D eigenvalue weighted by atomic mass is 10.2. The fourth-order valence-electron chi connectivity index (χ4n) is 2.03. The molecule has 2 rings (SSSR count). The molecule has 0 bridgehead atoms. The molecule has 0 aliphatic carbocycles. The van der Waals surface area contributed by atoms with Gasteiger partial charge in [-0.15, -0.1) is 0 Å². The van der Waals surface area contributed by atoms with E-state index in [1.165, 1.54) is 14.2 Å². The summed E-state index contributed by atoms with van der Waals surface area (Å²) in [5.74, 6) is 0.662. The van der Waals surface area contributed by atoms with E-state index in [0.717, 1.165) is 5.56 Å². The molecule has 0 fully saturated rings. The molecule has 0 aromatic heterocycles. The molecule has 0 aliphatic heterocycles. The molecule has 23 heavy (non-hydrogen) atoms. The number of carbonyl (C=O) groups is 1. The Labute approximate surface area is 134 Å². The largest absolute Gasteiger partial charge is 0.493 e. The van der Waals surface area contributed by atoms with Gasteiger partial charge in [-0.3, -0.25) is 10.1 Å². The van der Waals surface area contributed by atoms with E-state index in [1.54, 1.807) is 18.2 Å². The third kappa shape index (κ3) is 4.23. The SMILES string of the molecule is COc1ccc(C(=O)NC(N)=Nc2cccc(C)c2)cc1OC. The highest BCUT2D eigenvalue weighted by molar-refractivity contribution is 6.06. The Balaban J connectivity index is 2.15. The Kier molecular flexibility index (Phi) is 5.19. The lowest BCUT2D eigenvalue weighted by Gasteiger charge is -2.09. The van der Waals surface area contributed by atoms with Crippen molar-refractivity contribution in [3.05, 3.63) is 53.6 Å². The number of rotatable bonds is 4. The van der Waals surface area contributed by atoms with Gasteiger partial charge in [0.2, 0.25) is 5.96 Å². The third-order valence-corrected chi connectivity index (χ3v) is 3.14. The predicted octanol–water partition coefficient (Wildman–Crippen LogP) is 2.39. The van der Waals surface area contributed by atoms with Gasteiger partial charge in [0.05, 0.1) is 19.9 Å². The lowest BCUT2D eigenvalue weighted by Crippen LogP contribution is -2.36. The molecule has 3 N–H and O–H groups in total. The van der Waals surface area contributed by atoms with Crippen LogP contribution in [0.5, 0.6) is 11.5 Å². The summed E-state index contributed by atoms with van der Waals surface area (Å²) in [6.07, 6.45) is 0. The number of nitrogens with zero attached hydrogens (tertiary/aromatic N) is 1. The lowest BCUT2D eigenvalue weighted by molar-refractivity contribution is 0.0976. The first-order chi connectivity index (χ1) is 11.0. The zero-order valence-electron chi connectivity index (χ0n) is 13.3. The molecular formula is C17H19N3O3. The second-order valence-electron chi connectivity index (χ2n) is 4.86. The number of carbonyl (C=O) groups excluding carboxylic acids is 1. The standard InChI is InChI=1S/C17H19N3O3/c1-11-5-4-6-13(9-11)19-17(18)20-16(21)12-7-8-14(22-2)15(10-12)23-3/h4-10H,1-3H3,(H3,18,19,20,21). The molecule has 0 aliphatic rings. The average Bonchev–Trinajstić information content (AvgIpc) is 2.53. The molecule has 2 aromatic carbocycles. The maximum absolute atomic E-state index is 12.2. The van der Waals surface area contributed by atoms with Gasteiger partial charge in [0, 0.05) is 5.56 Å². The highest BCUT2D eigenvalue weighted by atomic mass is 16.5. The van der Waals surface area contributed by atoms with Crippen LogP contribution in [0.3, 0.4) is 0 Å². The number of benzene rings is 2. The van der Waals surface area contributed by atoms with Crippen LogP contribution in [0.25, 0.3) is 0 Å². The first-order valence-corrected chi connectivity index (χ1v) is 6.97. The Hall–Kier alpha value is -3.02. The molecule has 0 radical (unpaired) electrons. The van der Waals surface area contributed by atoms with Gasteiger partial charge in [-0.2, -0.15) is 0 Å². The molecule has 1 amide bonds. The van der Waals surface area contributed by atoms with E-state index in [-0.39, 0.29) is 11.9 Å². The van der Waals surface area contributed by atoms with E-state index in [4.69, 9.17) is 15.2 Å². The highest BCUT2D eigenvalue weighted by Crippen LogP contribution is 2.27. The van der Waals surface area contributed by atoms with E-state index in [9.17, 15) is 4.79 Å². The van der Waals surface area contributed by atoms with E-state index in [0.29, 0.717) is 22.7 Å². The normalized spacial score (nSPS) is 11.0. The number of amides is 1. The number of nitrogens with two attached hydrogens (primary N) is 1. The smallest absolute Gasteiger partial charge is 0.258 e. The topological polar surface area (TPSA) is 85.9 Å².